The smallest absolute Gasteiger partial charge is 0.279 e. The molecular weight excluding hydrogens is 406 g/mol. The van der Waals surface area contributed by atoms with Gasteiger partial charge < -0.3 is 4.74 Å². The number of hydrogen-bond acceptors (Lipinski definition) is 5. The first kappa shape index (κ1) is 20.4. The second-order valence-corrected chi connectivity index (χ2v) is 10.6. The van der Waals surface area contributed by atoms with Gasteiger partial charge >= 0.3 is 0 Å². The van der Waals surface area contributed by atoms with E-state index in [0.717, 1.165) is 40.6 Å². The van der Waals surface area contributed by atoms with E-state index in [4.69, 9.17) is 4.74 Å². The predicted molar refractivity (Wildman–Crippen MR) is 123 cm³/mol. The Bertz CT molecular complexity index is 1180. The number of ketones is 2. The van der Waals surface area contributed by atoms with Crippen molar-refractivity contribution in [1.82, 2.24) is 4.98 Å². The molecule has 160 valence electrons. The molecule has 0 saturated heterocycles. The molecule has 4 nitrogen and oxygen atoms in total. The fourth-order valence-corrected chi connectivity index (χ4v) is 6.44. The normalized spacial score (nSPS) is 27.1. The third-order valence-corrected chi connectivity index (χ3v) is 8.86. The number of nitrogens with zero attached hydrogens (tertiary/aromatic N) is 1. The van der Waals surface area contributed by atoms with Crippen molar-refractivity contribution >= 4 is 33.1 Å². The van der Waals surface area contributed by atoms with Crippen LogP contribution in [0.5, 0.6) is 10.9 Å². The van der Waals surface area contributed by atoms with E-state index in [1.165, 1.54) is 11.3 Å². The van der Waals surface area contributed by atoms with E-state index in [0.29, 0.717) is 10.9 Å². The van der Waals surface area contributed by atoms with Gasteiger partial charge in [0, 0.05) is 11.3 Å². The first-order chi connectivity index (χ1) is 14.8. The molecule has 2 aliphatic rings. The van der Waals surface area contributed by atoms with Crippen LogP contribution < -0.4 is 4.74 Å². The summed E-state index contributed by atoms with van der Waals surface area (Å²) in [5.41, 5.74) is 1.98. The molecule has 3 atom stereocenters. The summed E-state index contributed by atoms with van der Waals surface area (Å²) >= 11 is 1.49. The fourth-order valence-electron chi connectivity index (χ4n) is 5.61. The predicted octanol–water partition coefficient (Wildman–Crippen LogP) is 6.33. The average Bonchev–Trinajstić information content (AvgIpc) is 3.22. The topological polar surface area (TPSA) is 56.3 Å². The van der Waals surface area contributed by atoms with Crippen LogP contribution >= 0.6 is 11.3 Å². The molecule has 0 radical (unpaired) electrons. The zero-order valence-electron chi connectivity index (χ0n) is 18.4. The number of hydrogen-bond donors (Lipinski definition) is 0. The van der Waals surface area contributed by atoms with E-state index < -0.39 is 11.3 Å². The third kappa shape index (κ3) is 2.89. The van der Waals surface area contributed by atoms with Gasteiger partial charge in [-0.1, -0.05) is 57.2 Å². The summed E-state index contributed by atoms with van der Waals surface area (Å²) in [6, 6.07) is 13.7. The number of ether oxygens (including phenoxy) is 1. The van der Waals surface area contributed by atoms with Gasteiger partial charge in [0.1, 0.15) is 11.7 Å². The van der Waals surface area contributed by atoms with Gasteiger partial charge in [-0.3, -0.25) is 9.59 Å². The largest absolute Gasteiger partial charge is 0.431 e. The Balaban J connectivity index is 1.54. The minimum atomic E-state index is -0.695. The second kappa shape index (κ2) is 6.99. The number of carbonyl (C=O) groups excluding carboxylic acids is 2. The summed E-state index contributed by atoms with van der Waals surface area (Å²) in [6.07, 6.45) is 2.35. The van der Waals surface area contributed by atoms with Crippen molar-refractivity contribution in [3.8, 4) is 10.9 Å². The fraction of sp³-hybridized carbons (Fsp3) is 0.423. The van der Waals surface area contributed by atoms with Crippen LogP contribution in [0.4, 0.5) is 0 Å². The lowest BCUT2D eigenvalue weighted by Gasteiger charge is -2.46. The van der Waals surface area contributed by atoms with E-state index in [1.54, 1.807) is 0 Å². The van der Waals surface area contributed by atoms with Crippen molar-refractivity contribution in [3.63, 3.8) is 0 Å². The number of aromatic nitrogens is 1. The van der Waals surface area contributed by atoms with Gasteiger partial charge in [-0.15, -0.1) is 0 Å². The number of rotatable bonds is 4. The molecule has 2 bridgehead atoms. The Labute approximate surface area is 186 Å². The van der Waals surface area contributed by atoms with Gasteiger partial charge in [0.05, 0.1) is 10.2 Å². The molecule has 2 fully saturated rings. The molecule has 2 aromatic carbocycles. The Hall–Kier alpha value is -2.53. The van der Waals surface area contributed by atoms with Crippen LogP contribution in [0.25, 0.3) is 10.2 Å². The zero-order valence-corrected chi connectivity index (χ0v) is 19.2. The number of thiazole rings is 1. The van der Waals surface area contributed by atoms with E-state index in [9.17, 15) is 9.59 Å². The summed E-state index contributed by atoms with van der Waals surface area (Å²) < 4.78 is 7.15. The maximum absolute atomic E-state index is 13.7. The molecule has 3 unspecified atom stereocenters. The maximum atomic E-state index is 13.7. The molecule has 0 aliphatic heterocycles. The Morgan fingerprint density at radius 3 is 2.65 bits per heavy atom. The SMILES string of the molecule is CCc1ccc(Oc2nc3ccccc3s2)cc1C1C(=O)C2CCC(C)(C1=O)C2(C)C. The molecule has 0 N–H and O–H groups in total. The first-order valence-electron chi connectivity index (χ1n) is 11.0. The van der Waals surface area contributed by atoms with Crippen LogP contribution in [0.3, 0.4) is 0 Å². The van der Waals surface area contributed by atoms with Gasteiger partial charge in [-0.2, -0.15) is 0 Å². The highest BCUT2D eigenvalue weighted by Gasteiger charge is 2.64. The number of aryl methyl sites for hydroxylation is 1. The van der Waals surface area contributed by atoms with E-state index >= 15 is 0 Å². The van der Waals surface area contributed by atoms with E-state index in [1.807, 2.05) is 42.5 Å². The minimum Gasteiger partial charge on any atom is -0.431 e. The van der Waals surface area contributed by atoms with Gasteiger partial charge in [0.2, 0.25) is 0 Å². The quantitative estimate of drug-likeness (QED) is 0.451. The molecule has 1 heterocycles. The van der Waals surface area contributed by atoms with Crippen molar-refractivity contribution in [1.29, 1.82) is 0 Å². The minimum absolute atomic E-state index is 0.0706. The van der Waals surface area contributed by atoms with Crippen LogP contribution in [0.1, 0.15) is 57.6 Å². The van der Waals surface area contributed by atoms with Crippen LogP contribution in [0.15, 0.2) is 42.5 Å². The standard InChI is InChI=1S/C26H27NO3S/c1-5-15-10-11-16(30-24-27-19-8-6-7-9-20(19)31-24)14-17(15)21-22(28)18-12-13-26(4,23(21)29)25(18,2)3/h6-11,14,18,21H,5,12-13H2,1-4H3. The van der Waals surface area contributed by atoms with Crippen LogP contribution in [0.2, 0.25) is 0 Å². The molecule has 5 heteroatoms. The zero-order chi connectivity index (χ0) is 22.0. The molecule has 5 rings (SSSR count). The lowest BCUT2D eigenvalue weighted by Crippen LogP contribution is -2.52. The molecule has 0 spiro atoms. The van der Waals surface area contributed by atoms with E-state index in [-0.39, 0.29) is 22.9 Å². The molecule has 2 saturated carbocycles. The summed E-state index contributed by atoms with van der Waals surface area (Å²) in [5, 5.41) is 0.561. The van der Waals surface area contributed by atoms with Crippen molar-refractivity contribution in [2.75, 3.05) is 0 Å². The number of carbonyl (C=O) groups is 2. The number of para-hydroxylation sites is 1. The maximum Gasteiger partial charge on any atom is 0.279 e. The van der Waals surface area contributed by atoms with Crippen LogP contribution in [0, 0.1) is 16.7 Å². The molecule has 0 amide bonds. The number of benzene rings is 2. The lowest BCUT2D eigenvalue weighted by atomic mass is 9.54. The van der Waals surface area contributed by atoms with Gasteiger partial charge in [0.25, 0.3) is 5.19 Å². The molecular formula is C26H27NO3S. The van der Waals surface area contributed by atoms with Crippen molar-refractivity contribution in [2.24, 2.45) is 16.7 Å². The number of fused-ring (bicyclic) bond motifs is 3. The highest BCUT2D eigenvalue weighted by molar-refractivity contribution is 7.20. The monoisotopic (exact) mass is 433 g/mol. The second-order valence-electron chi connectivity index (χ2n) is 9.61. The van der Waals surface area contributed by atoms with Crippen molar-refractivity contribution < 1.29 is 14.3 Å². The summed E-state index contributed by atoms with van der Waals surface area (Å²) in [7, 11) is 0. The summed E-state index contributed by atoms with van der Waals surface area (Å²) in [6.45, 7) is 8.29. The summed E-state index contributed by atoms with van der Waals surface area (Å²) in [5.74, 6) is 0.00669. The van der Waals surface area contributed by atoms with E-state index in [2.05, 4.69) is 32.7 Å². The highest BCUT2D eigenvalue weighted by atomic mass is 32.1. The lowest BCUT2D eigenvalue weighted by molar-refractivity contribution is -0.149. The van der Waals surface area contributed by atoms with Gasteiger partial charge in [-0.25, -0.2) is 4.98 Å². The molecule has 31 heavy (non-hydrogen) atoms. The summed E-state index contributed by atoms with van der Waals surface area (Å²) in [4.78, 5) is 31.8. The highest BCUT2D eigenvalue weighted by Crippen LogP contribution is 2.62. The molecule has 1 aromatic heterocycles. The molecule has 2 aliphatic carbocycles. The first-order valence-corrected chi connectivity index (χ1v) is 11.8. The van der Waals surface area contributed by atoms with Crippen LogP contribution in [-0.4, -0.2) is 16.6 Å². The molecule has 3 aromatic rings. The van der Waals surface area contributed by atoms with Gasteiger partial charge in [-0.05, 0) is 60.1 Å². The van der Waals surface area contributed by atoms with Crippen molar-refractivity contribution in [3.05, 3.63) is 53.6 Å². The third-order valence-electron chi connectivity index (χ3n) is 7.95. The van der Waals surface area contributed by atoms with Crippen molar-refractivity contribution in [2.45, 2.75) is 52.9 Å². The van der Waals surface area contributed by atoms with Crippen LogP contribution in [-0.2, 0) is 16.0 Å². The average molecular weight is 434 g/mol. The Kier molecular flexibility index (Phi) is 4.60. The van der Waals surface area contributed by atoms with Gasteiger partial charge in [0.15, 0.2) is 11.6 Å². The Morgan fingerprint density at radius 1 is 1.13 bits per heavy atom. The number of Topliss-reactive ketones (excluding diaryl/α,β-unsaturated/α-hetero) is 2. The Morgan fingerprint density at radius 2 is 1.90 bits per heavy atom.